The molecule has 1 saturated carbocycles. The second-order valence-electron chi connectivity index (χ2n) is 20.4. The largest absolute Gasteiger partial charge is 0.460 e. The number of hydrogen-bond donors (Lipinski definition) is 2. The van der Waals surface area contributed by atoms with E-state index in [-0.39, 0.29) is 60.9 Å². The average Bonchev–Trinajstić information content (AvgIpc) is 3.88. The fourth-order valence-electron chi connectivity index (χ4n) is 10.7. The van der Waals surface area contributed by atoms with E-state index < -0.39 is 77.8 Å². The molecule has 5 rings (SSSR count). The fourth-order valence-corrected chi connectivity index (χ4v) is 10.7. The number of amides is 1. The lowest BCUT2D eigenvalue weighted by Gasteiger charge is -2.42. The van der Waals surface area contributed by atoms with E-state index in [0.29, 0.717) is 56.9 Å². The minimum Gasteiger partial charge on any atom is -0.460 e. The predicted molar refractivity (Wildman–Crippen MR) is 256 cm³/mol. The number of nitrogens with zero attached hydrogens (tertiary/aromatic N) is 5. The van der Waals surface area contributed by atoms with Gasteiger partial charge in [0.2, 0.25) is 5.79 Å². The van der Waals surface area contributed by atoms with Crippen LogP contribution in [0.3, 0.4) is 0 Å². The summed E-state index contributed by atoms with van der Waals surface area (Å²) in [6, 6.07) is -1.19. The Kier molecular flexibility index (Phi) is 20.8. The van der Waals surface area contributed by atoms with Gasteiger partial charge < -0.3 is 38.8 Å². The van der Waals surface area contributed by atoms with Crippen molar-refractivity contribution in [2.24, 2.45) is 35.5 Å². The van der Waals surface area contributed by atoms with E-state index in [9.17, 15) is 34.2 Å². The molecule has 2 saturated heterocycles. The van der Waals surface area contributed by atoms with Crippen molar-refractivity contribution in [3.8, 4) is 0 Å². The van der Waals surface area contributed by atoms with Crippen molar-refractivity contribution in [1.29, 1.82) is 0 Å². The fraction of sp³-hybridized carbons (Fsp3) is 0.731. The molecule has 13 unspecified atom stereocenters. The van der Waals surface area contributed by atoms with E-state index in [2.05, 4.69) is 15.5 Å². The normalized spacial score (nSPS) is 38.8. The molecule has 1 aromatic rings. The van der Waals surface area contributed by atoms with Crippen molar-refractivity contribution in [2.75, 3.05) is 27.9 Å². The molecule has 69 heavy (non-hydrogen) atoms. The minimum atomic E-state index is -2.43. The molecule has 4 heterocycles. The van der Waals surface area contributed by atoms with Crippen molar-refractivity contribution in [2.45, 2.75) is 180 Å². The molecule has 3 aliphatic heterocycles. The molecule has 17 heteroatoms. The Morgan fingerprint density at radius 3 is 2.32 bits per heavy atom. The molecule has 17 nitrogen and oxygen atoms in total. The lowest BCUT2D eigenvalue weighted by Crippen LogP contribution is -2.61. The van der Waals surface area contributed by atoms with Gasteiger partial charge in [0.05, 0.1) is 24.4 Å². The van der Waals surface area contributed by atoms with Crippen molar-refractivity contribution < 1.29 is 57.9 Å². The maximum Gasteiger partial charge on any atom is 0.329 e. The Morgan fingerprint density at radius 2 is 1.64 bits per heavy atom. The van der Waals surface area contributed by atoms with Gasteiger partial charge in [-0.2, -0.15) is 0 Å². The number of carbonyl (C=O) groups excluding carboxylic acids is 5. The van der Waals surface area contributed by atoms with Crippen LogP contribution in [-0.2, 0) is 47.7 Å². The maximum atomic E-state index is 14.5. The molecule has 3 fully saturated rings. The Morgan fingerprint density at radius 1 is 0.884 bits per heavy atom. The molecule has 0 aromatic carbocycles. The van der Waals surface area contributed by atoms with Gasteiger partial charge in [-0.15, -0.1) is 5.10 Å². The van der Waals surface area contributed by atoms with Crippen LogP contribution in [0.1, 0.15) is 132 Å². The number of aliphatic hydroxyl groups excluding tert-OH is 1. The third-order valence-electron chi connectivity index (χ3n) is 15.2. The van der Waals surface area contributed by atoms with E-state index in [0.717, 1.165) is 18.4 Å². The first kappa shape index (κ1) is 55.7. The van der Waals surface area contributed by atoms with Crippen LogP contribution in [0.4, 0.5) is 0 Å². The molecule has 384 valence electrons. The number of allylic oxidation sites excluding steroid dienone is 6. The number of ketones is 3. The number of rotatable bonds is 7. The lowest BCUT2D eigenvalue weighted by molar-refractivity contribution is -0.265. The molecular formula is C52H79N5O12. The molecule has 2 N–H and O–H groups in total. The van der Waals surface area contributed by atoms with Crippen LogP contribution in [0.15, 0.2) is 53.9 Å². The second-order valence-corrected chi connectivity index (χ2v) is 20.4. The number of fused-ring (bicyclic) bond motifs is 3. The van der Waals surface area contributed by atoms with E-state index in [1.54, 1.807) is 52.1 Å². The molecule has 15 atom stereocenters. The lowest BCUT2D eigenvalue weighted by atomic mass is 9.77. The molecule has 1 aliphatic carbocycles. The predicted octanol–water partition coefficient (Wildman–Crippen LogP) is 6.05. The summed E-state index contributed by atoms with van der Waals surface area (Å²) in [6.07, 6.45) is 13.9. The van der Waals surface area contributed by atoms with Crippen LogP contribution < -0.4 is 0 Å². The van der Waals surface area contributed by atoms with Gasteiger partial charge in [0.1, 0.15) is 36.5 Å². The summed E-state index contributed by atoms with van der Waals surface area (Å²) in [4.78, 5) is 72.3. The minimum absolute atomic E-state index is 0.0170. The number of piperidine rings is 1. The van der Waals surface area contributed by atoms with Crippen molar-refractivity contribution >= 4 is 29.2 Å². The number of tetrazole rings is 1. The number of carbonyl (C=O) groups is 5. The van der Waals surface area contributed by atoms with Gasteiger partial charge in [-0.3, -0.25) is 19.2 Å². The zero-order chi connectivity index (χ0) is 50.6. The highest BCUT2D eigenvalue weighted by Crippen LogP contribution is 2.39. The highest BCUT2D eigenvalue weighted by molar-refractivity contribution is 6.39. The Bertz CT molecular complexity index is 2020. The third kappa shape index (κ3) is 14.2. The summed E-state index contributed by atoms with van der Waals surface area (Å²) in [7, 11) is 4.62. The van der Waals surface area contributed by atoms with Gasteiger partial charge in [-0.25, -0.2) is 9.48 Å². The Hall–Kier alpha value is -4.26. The van der Waals surface area contributed by atoms with Crippen LogP contribution >= 0.6 is 0 Å². The summed E-state index contributed by atoms with van der Waals surface area (Å²) in [5.41, 5.74) is 1.27. The van der Waals surface area contributed by atoms with E-state index in [4.69, 9.17) is 23.7 Å². The number of aromatic nitrogens is 4. The first-order valence-corrected chi connectivity index (χ1v) is 25.0. The SMILES string of the molecule is COC1CC(CC(C)C2CC(=O)C(C)/C=C(\C)C(O)C(OC)C(=O)C(C)CC(C)/C=C/C=C/C=C(\C)[C@@H](OC)C[C@@H]3CCC(C)C(O)(O3)C(=O)C(=O)N3CCCCC3C(=O)O2)CCC1n1cnnn1. The summed E-state index contributed by atoms with van der Waals surface area (Å²) in [6.45, 7) is 12.8. The summed E-state index contributed by atoms with van der Waals surface area (Å²) in [5.74, 6) is -7.92. The summed E-state index contributed by atoms with van der Waals surface area (Å²) >= 11 is 0. The van der Waals surface area contributed by atoms with Gasteiger partial charge in [0.25, 0.3) is 11.7 Å². The molecule has 0 spiro atoms. The molecule has 1 aromatic heterocycles. The van der Waals surface area contributed by atoms with Crippen LogP contribution in [0.2, 0.25) is 0 Å². The highest BCUT2D eigenvalue weighted by atomic mass is 16.6. The highest BCUT2D eigenvalue weighted by Gasteiger charge is 2.53. The van der Waals surface area contributed by atoms with Crippen LogP contribution in [0.25, 0.3) is 0 Å². The number of ether oxygens (including phenoxy) is 5. The van der Waals surface area contributed by atoms with Gasteiger partial charge in [0.15, 0.2) is 5.78 Å². The molecule has 2 bridgehead atoms. The van der Waals surface area contributed by atoms with E-state index in [1.807, 2.05) is 58.1 Å². The smallest absolute Gasteiger partial charge is 0.329 e. The first-order chi connectivity index (χ1) is 32.8. The monoisotopic (exact) mass is 966 g/mol. The quantitative estimate of drug-likeness (QED) is 0.181. The number of Topliss-reactive ketones (excluding diaryl/α,β-unsaturated/α-hetero) is 3. The average molecular weight is 966 g/mol. The summed E-state index contributed by atoms with van der Waals surface area (Å²) < 4.78 is 31.6. The number of esters is 1. The second kappa shape index (κ2) is 25.7. The van der Waals surface area contributed by atoms with E-state index in [1.165, 1.54) is 12.0 Å². The molecule has 1 amide bonds. The van der Waals surface area contributed by atoms with Gasteiger partial charge in [-0.1, -0.05) is 71.1 Å². The first-order valence-electron chi connectivity index (χ1n) is 25.0. The van der Waals surface area contributed by atoms with Gasteiger partial charge >= 0.3 is 5.97 Å². The Balaban J connectivity index is 1.46. The maximum absolute atomic E-state index is 14.5. The van der Waals surface area contributed by atoms with Gasteiger partial charge in [0, 0.05) is 58.5 Å². The zero-order valence-electron chi connectivity index (χ0n) is 42.5. The van der Waals surface area contributed by atoms with E-state index >= 15 is 0 Å². The number of cyclic esters (lactones) is 1. The molecular weight excluding hydrogens is 887 g/mol. The number of methoxy groups -OCH3 is 3. The topological polar surface area (TPSA) is 219 Å². The number of aliphatic hydroxyl groups is 2. The van der Waals surface area contributed by atoms with Gasteiger partial charge in [-0.05, 0) is 117 Å². The zero-order valence-corrected chi connectivity index (χ0v) is 42.5. The summed E-state index contributed by atoms with van der Waals surface area (Å²) in [5, 5.41) is 35.2. The van der Waals surface area contributed by atoms with Crippen molar-refractivity contribution in [3.63, 3.8) is 0 Å². The molecule has 0 radical (unpaired) electrons. The standard InChI is InChI=1S/C52H79N5O12/c1-31-16-12-11-13-17-32(2)43(65-8)28-39-21-19-37(7)52(64,69-39)49(61)50(62)56-23-15-14-18-41(56)51(63)68-44(34(4)26-38-20-22-40(45(27-38)66-9)57-30-53-54-55-57)29-42(58)33(3)25-36(6)47(60)48(67-10)46(59)35(5)24-31/h11-13,16-17,25,30-31,33-35,37-41,43-45,47-48,60,64H,14-15,18-24,26-29H2,1-10H3/b13-11+,16-12+,32-17+,36-25+/t31?,33?,34?,35?,37?,38?,39-,40?,41?,43-,44?,45?,47?,48?,52?/m0/s1. The van der Waals surface area contributed by atoms with Crippen LogP contribution in [0.5, 0.6) is 0 Å². The van der Waals surface area contributed by atoms with Crippen molar-refractivity contribution in [1.82, 2.24) is 25.1 Å². The van der Waals surface area contributed by atoms with Crippen LogP contribution in [0, 0.1) is 35.5 Å². The number of hydrogen-bond acceptors (Lipinski definition) is 15. The van der Waals surface area contributed by atoms with Crippen LogP contribution in [-0.4, -0.2) is 141 Å². The Labute approximate surface area is 408 Å². The van der Waals surface area contributed by atoms with Crippen molar-refractivity contribution in [3.05, 3.63) is 53.9 Å². The third-order valence-corrected chi connectivity index (χ3v) is 15.2. The molecule has 4 aliphatic rings.